The third-order valence-electron chi connectivity index (χ3n) is 4.91. The van der Waals surface area contributed by atoms with Gasteiger partial charge in [-0.2, -0.15) is 0 Å². The molecular weight excluding hydrogens is 262 g/mol. The fraction of sp³-hybridized carbons (Fsp3) is 0.667. The van der Waals surface area contributed by atoms with Crippen LogP contribution in [0.4, 0.5) is 0 Å². The minimum atomic E-state index is -0.357. The van der Waals surface area contributed by atoms with Gasteiger partial charge in [0.2, 0.25) is 0 Å². The molecule has 2 atom stereocenters. The first-order valence-corrected chi connectivity index (χ1v) is 8.31. The Morgan fingerprint density at radius 3 is 2.76 bits per heavy atom. The lowest BCUT2D eigenvalue weighted by molar-refractivity contribution is 0.0332. The highest BCUT2D eigenvalue weighted by Gasteiger charge is 2.35. The van der Waals surface area contributed by atoms with Crippen molar-refractivity contribution in [2.45, 2.75) is 51.2 Å². The van der Waals surface area contributed by atoms with Gasteiger partial charge in [-0.1, -0.05) is 13.0 Å². The average molecular weight is 289 g/mol. The summed E-state index contributed by atoms with van der Waals surface area (Å²) >= 11 is 0. The molecule has 3 rings (SSSR count). The molecule has 2 aliphatic carbocycles. The second-order valence-electron chi connectivity index (χ2n) is 6.55. The van der Waals surface area contributed by atoms with E-state index in [1.165, 1.54) is 24.9 Å². The van der Waals surface area contributed by atoms with Crippen LogP contribution in [0.3, 0.4) is 0 Å². The molecule has 3 nitrogen and oxygen atoms in total. The maximum absolute atomic E-state index is 10.8. The van der Waals surface area contributed by atoms with Crippen molar-refractivity contribution in [3.8, 4) is 5.75 Å². The molecule has 21 heavy (non-hydrogen) atoms. The SMILES string of the molecule is CCCN(CC1CC1)C1CCc2cc(OC)ccc2C1O. The zero-order chi connectivity index (χ0) is 14.8. The van der Waals surface area contributed by atoms with Crippen LogP contribution in [0.25, 0.3) is 0 Å². The van der Waals surface area contributed by atoms with Gasteiger partial charge in [-0.05, 0) is 67.8 Å². The number of hydrogen-bond donors (Lipinski definition) is 1. The molecule has 0 bridgehead atoms. The van der Waals surface area contributed by atoms with Gasteiger partial charge in [-0.3, -0.25) is 4.90 Å². The molecule has 0 aromatic heterocycles. The molecule has 1 fully saturated rings. The van der Waals surface area contributed by atoms with Crippen LogP contribution in [-0.2, 0) is 6.42 Å². The highest BCUT2D eigenvalue weighted by molar-refractivity contribution is 5.39. The van der Waals surface area contributed by atoms with Gasteiger partial charge in [-0.25, -0.2) is 0 Å². The zero-order valence-electron chi connectivity index (χ0n) is 13.2. The van der Waals surface area contributed by atoms with Gasteiger partial charge in [0.05, 0.1) is 13.2 Å². The Morgan fingerprint density at radius 2 is 2.10 bits per heavy atom. The quantitative estimate of drug-likeness (QED) is 0.873. The lowest BCUT2D eigenvalue weighted by Crippen LogP contribution is -2.43. The number of ether oxygens (including phenoxy) is 1. The number of fused-ring (bicyclic) bond motifs is 1. The molecule has 0 amide bonds. The van der Waals surface area contributed by atoms with E-state index in [1.807, 2.05) is 12.1 Å². The van der Waals surface area contributed by atoms with Gasteiger partial charge >= 0.3 is 0 Å². The van der Waals surface area contributed by atoms with Crippen LogP contribution in [0.1, 0.15) is 49.8 Å². The van der Waals surface area contributed by atoms with Crippen LogP contribution in [-0.4, -0.2) is 36.2 Å². The summed E-state index contributed by atoms with van der Waals surface area (Å²) in [4.78, 5) is 2.54. The smallest absolute Gasteiger partial charge is 0.119 e. The maximum Gasteiger partial charge on any atom is 0.119 e. The van der Waals surface area contributed by atoms with E-state index in [4.69, 9.17) is 4.74 Å². The number of methoxy groups -OCH3 is 1. The molecule has 0 aliphatic heterocycles. The van der Waals surface area contributed by atoms with E-state index in [2.05, 4.69) is 17.9 Å². The van der Waals surface area contributed by atoms with Crippen LogP contribution < -0.4 is 4.74 Å². The number of aryl methyl sites for hydroxylation is 1. The van der Waals surface area contributed by atoms with Crippen LogP contribution in [0.5, 0.6) is 5.75 Å². The molecule has 2 aliphatic rings. The second kappa shape index (κ2) is 6.37. The van der Waals surface area contributed by atoms with Crippen molar-refractivity contribution in [2.75, 3.05) is 20.2 Å². The summed E-state index contributed by atoms with van der Waals surface area (Å²) in [5.41, 5.74) is 2.35. The fourth-order valence-electron chi connectivity index (χ4n) is 3.58. The van der Waals surface area contributed by atoms with E-state index in [9.17, 15) is 5.11 Å². The van der Waals surface area contributed by atoms with Crippen molar-refractivity contribution in [1.29, 1.82) is 0 Å². The normalized spacial score (nSPS) is 25.0. The predicted molar refractivity (Wildman–Crippen MR) is 84.7 cm³/mol. The summed E-state index contributed by atoms with van der Waals surface area (Å²) < 4.78 is 5.30. The van der Waals surface area contributed by atoms with E-state index in [1.54, 1.807) is 7.11 Å². The molecule has 116 valence electrons. The molecular formula is C18H27NO2. The standard InChI is InChI=1S/C18H27NO2/c1-3-10-19(12-13-4-5-13)17-9-6-14-11-15(21-2)7-8-16(14)18(17)20/h7-8,11,13,17-18,20H,3-6,9-10,12H2,1-2H3. The first-order valence-electron chi connectivity index (χ1n) is 8.31. The van der Waals surface area contributed by atoms with E-state index in [0.717, 1.165) is 43.0 Å². The van der Waals surface area contributed by atoms with Crippen molar-refractivity contribution < 1.29 is 9.84 Å². The Bertz CT molecular complexity index is 484. The first-order chi connectivity index (χ1) is 10.2. The topological polar surface area (TPSA) is 32.7 Å². The van der Waals surface area contributed by atoms with Gasteiger partial charge in [0, 0.05) is 12.6 Å². The highest BCUT2D eigenvalue weighted by atomic mass is 16.5. The van der Waals surface area contributed by atoms with Crippen molar-refractivity contribution >= 4 is 0 Å². The largest absolute Gasteiger partial charge is 0.497 e. The van der Waals surface area contributed by atoms with Gasteiger partial charge in [0.25, 0.3) is 0 Å². The molecule has 3 heteroatoms. The minimum Gasteiger partial charge on any atom is -0.497 e. The van der Waals surface area contributed by atoms with Gasteiger partial charge < -0.3 is 9.84 Å². The van der Waals surface area contributed by atoms with Crippen molar-refractivity contribution in [3.05, 3.63) is 29.3 Å². The monoisotopic (exact) mass is 289 g/mol. The molecule has 2 unspecified atom stereocenters. The summed E-state index contributed by atoms with van der Waals surface area (Å²) in [6.07, 6.45) is 5.64. The van der Waals surface area contributed by atoms with E-state index < -0.39 is 0 Å². The number of nitrogens with zero attached hydrogens (tertiary/aromatic N) is 1. The van der Waals surface area contributed by atoms with E-state index in [-0.39, 0.29) is 12.1 Å². The summed E-state index contributed by atoms with van der Waals surface area (Å²) in [7, 11) is 1.70. The third kappa shape index (κ3) is 3.24. The van der Waals surface area contributed by atoms with Crippen molar-refractivity contribution in [1.82, 2.24) is 4.90 Å². The minimum absolute atomic E-state index is 0.284. The molecule has 1 saturated carbocycles. The predicted octanol–water partition coefficient (Wildman–Crippen LogP) is 3.17. The van der Waals surface area contributed by atoms with E-state index >= 15 is 0 Å². The lowest BCUT2D eigenvalue weighted by Gasteiger charge is -2.39. The summed E-state index contributed by atoms with van der Waals surface area (Å²) in [5, 5.41) is 10.8. The first kappa shape index (κ1) is 14.9. The zero-order valence-corrected chi connectivity index (χ0v) is 13.2. The molecule has 0 radical (unpaired) electrons. The molecule has 0 saturated heterocycles. The van der Waals surface area contributed by atoms with Crippen LogP contribution in [0, 0.1) is 5.92 Å². The Morgan fingerprint density at radius 1 is 1.29 bits per heavy atom. The van der Waals surface area contributed by atoms with Gasteiger partial charge in [0.15, 0.2) is 0 Å². The number of rotatable bonds is 6. The summed E-state index contributed by atoms with van der Waals surface area (Å²) in [6.45, 7) is 4.50. The molecule has 1 aromatic carbocycles. The number of aliphatic hydroxyl groups excluding tert-OH is 1. The Kier molecular flexibility index (Phi) is 4.51. The van der Waals surface area contributed by atoms with Crippen LogP contribution in [0.2, 0.25) is 0 Å². The number of hydrogen-bond acceptors (Lipinski definition) is 3. The van der Waals surface area contributed by atoms with Gasteiger partial charge in [0.1, 0.15) is 5.75 Å². The van der Waals surface area contributed by atoms with E-state index in [0.29, 0.717) is 0 Å². The molecule has 1 N–H and O–H groups in total. The number of benzene rings is 1. The van der Waals surface area contributed by atoms with Crippen molar-refractivity contribution in [2.24, 2.45) is 5.92 Å². The highest BCUT2D eigenvalue weighted by Crippen LogP contribution is 2.37. The number of aliphatic hydroxyl groups is 1. The summed E-state index contributed by atoms with van der Waals surface area (Å²) in [6, 6.07) is 6.38. The lowest BCUT2D eigenvalue weighted by atomic mass is 9.84. The fourth-order valence-corrected chi connectivity index (χ4v) is 3.58. The molecule has 0 heterocycles. The third-order valence-corrected chi connectivity index (χ3v) is 4.91. The maximum atomic E-state index is 10.8. The van der Waals surface area contributed by atoms with Crippen molar-refractivity contribution in [3.63, 3.8) is 0 Å². The Labute approximate surface area is 127 Å². The average Bonchev–Trinajstić information content (AvgIpc) is 3.31. The molecule has 1 aromatic rings. The second-order valence-corrected chi connectivity index (χ2v) is 6.55. The molecule has 0 spiro atoms. The van der Waals surface area contributed by atoms with Crippen LogP contribution >= 0.6 is 0 Å². The van der Waals surface area contributed by atoms with Gasteiger partial charge in [-0.15, -0.1) is 0 Å². The Balaban J connectivity index is 1.77. The Hall–Kier alpha value is -1.06. The van der Waals surface area contributed by atoms with Crippen LogP contribution in [0.15, 0.2) is 18.2 Å². The summed E-state index contributed by atoms with van der Waals surface area (Å²) in [5.74, 6) is 1.77.